The monoisotopic (exact) mass is 317 g/mol. The second-order valence-electron chi connectivity index (χ2n) is 4.98. The summed E-state index contributed by atoms with van der Waals surface area (Å²) < 4.78 is 4.62. The molecule has 0 atom stereocenters. The fourth-order valence-corrected chi connectivity index (χ4v) is 2.62. The molecule has 22 heavy (non-hydrogen) atoms. The van der Waals surface area contributed by atoms with Crippen LogP contribution in [-0.2, 0) is 4.74 Å². The number of nitrogens with one attached hydrogen (secondary N) is 2. The second kappa shape index (κ2) is 6.15. The minimum absolute atomic E-state index is 0.272. The predicted molar refractivity (Wildman–Crippen MR) is 84.5 cm³/mol. The van der Waals surface area contributed by atoms with Gasteiger partial charge in [-0.1, -0.05) is 0 Å². The molecule has 2 N–H and O–H groups in total. The molecule has 0 bridgehead atoms. The van der Waals surface area contributed by atoms with Crippen LogP contribution < -0.4 is 10.6 Å². The van der Waals surface area contributed by atoms with Crippen LogP contribution in [0.5, 0.6) is 0 Å². The van der Waals surface area contributed by atoms with Crippen LogP contribution in [0.3, 0.4) is 0 Å². The number of benzene rings is 1. The van der Waals surface area contributed by atoms with Crippen molar-refractivity contribution in [2.75, 3.05) is 17.7 Å². The summed E-state index contributed by atoms with van der Waals surface area (Å²) in [5.74, 6) is -0.681. The zero-order valence-corrected chi connectivity index (χ0v) is 12.8. The third kappa shape index (κ3) is 3.43. The molecule has 1 aromatic heterocycles. The van der Waals surface area contributed by atoms with Crippen molar-refractivity contribution >= 4 is 34.0 Å². The molecule has 1 fully saturated rings. The number of methoxy groups -OCH3 is 1. The Balaban J connectivity index is 1.63. The van der Waals surface area contributed by atoms with Gasteiger partial charge in [-0.2, -0.15) is 0 Å². The molecule has 0 radical (unpaired) electrons. The third-order valence-electron chi connectivity index (χ3n) is 3.21. The van der Waals surface area contributed by atoms with Crippen LogP contribution in [0.2, 0.25) is 0 Å². The van der Waals surface area contributed by atoms with E-state index >= 15 is 0 Å². The highest BCUT2D eigenvalue weighted by molar-refractivity contribution is 7.13. The van der Waals surface area contributed by atoms with Crippen LogP contribution in [-0.4, -0.2) is 30.0 Å². The number of carbonyl (C=O) groups excluding carboxylic acids is 2. The van der Waals surface area contributed by atoms with Gasteiger partial charge >= 0.3 is 5.97 Å². The van der Waals surface area contributed by atoms with E-state index in [0.717, 1.165) is 18.0 Å². The lowest BCUT2D eigenvalue weighted by Gasteiger charge is -2.04. The van der Waals surface area contributed by atoms with E-state index in [-0.39, 0.29) is 5.91 Å². The van der Waals surface area contributed by atoms with Crippen molar-refractivity contribution in [3.63, 3.8) is 0 Å². The van der Waals surface area contributed by atoms with Crippen molar-refractivity contribution in [1.82, 2.24) is 4.98 Å². The highest BCUT2D eigenvalue weighted by Gasteiger charge is 2.22. The van der Waals surface area contributed by atoms with E-state index in [1.54, 1.807) is 29.6 Å². The van der Waals surface area contributed by atoms with Gasteiger partial charge in [0.25, 0.3) is 5.91 Å². The maximum absolute atomic E-state index is 12.1. The van der Waals surface area contributed by atoms with E-state index in [0.29, 0.717) is 23.0 Å². The number of esters is 1. The van der Waals surface area contributed by atoms with Crippen LogP contribution in [0.1, 0.15) is 33.7 Å². The van der Waals surface area contributed by atoms with E-state index in [4.69, 9.17) is 0 Å². The van der Waals surface area contributed by atoms with Crippen molar-refractivity contribution in [3.8, 4) is 0 Å². The molecule has 0 spiro atoms. The molecule has 7 heteroatoms. The minimum Gasteiger partial charge on any atom is -0.465 e. The zero-order valence-electron chi connectivity index (χ0n) is 12.0. The molecule has 1 amide bonds. The van der Waals surface area contributed by atoms with Gasteiger partial charge in [-0.05, 0) is 37.1 Å². The van der Waals surface area contributed by atoms with Gasteiger partial charge in [-0.25, -0.2) is 9.78 Å². The smallest absolute Gasteiger partial charge is 0.337 e. The second-order valence-corrected chi connectivity index (χ2v) is 5.84. The van der Waals surface area contributed by atoms with E-state index in [9.17, 15) is 9.59 Å². The first-order valence-corrected chi connectivity index (χ1v) is 7.75. The number of amides is 1. The maximum Gasteiger partial charge on any atom is 0.337 e. The van der Waals surface area contributed by atoms with Crippen LogP contribution in [0, 0.1) is 0 Å². The molecule has 6 nitrogen and oxygen atoms in total. The summed E-state index contributed by atoms with van der Waals surface area (Å²) in [5, 5.41) is 8.50. The Morgan fingerprint density at radius 1 is 1.27 bits per heavy atom. The average molecular weight is 317 g/mol. The molecule has 0 aliphatic heterocycles. The first kappa shape index (κ1) is 14.5. The van der Waals surface area contributed by atoms with Gasteiger partial charge < -0.3 is 15.4 Å². The molecule has 1 aromatic carbocycles. The molecule has 2 aromatic rings. The average Bonchev–Trinajstić information content (AvgIpc) is 3.22. The summed E-state index contributed by atoms with van der Waals surface area (Å²) in [4.78, 5) is 27.7. The zero-order chi connectivity index (χ0) is 15.5. The van der Waals surface area contributed by atoms with E-state index in [1.165, 1.54) is 18.4 Å². The Bertz CT molecular complexity index is 692. The molecule has 1 aliphatic rings. The summed E-state index contributed by atoms with van der Waals surface area (Å²) >= 11 is 1.42. The molecular weight excluding hydrogens is 302 g/mol. The fraction of sp³-hybridized carbons (Fsp3) is 0.267. The Labute approximate surface area is 131 Å². The van der Waals surface area contributed by atoms with Crippen molar-refractivity contribution < 1.29 is 14.3 Å². The van der Waals surface area contributed by atoms with Gasteiger partial charge in [0.15, 0.2) is 5.13 Å². The van der Waals surface area contributed by atoms with E-state index in [2.05, 4.69) is 20.4 Å². The Morgan fingerprint density at radius 3 is 2.64 bits per heavy atom. The number of thiazole rings is 1. The van der Waals surface area contributed by atoms with Gasteiger partial charge in [0, 0.05) is 17.1 Å². The molecule has 3 rings (SSSR count). The fourth-order valence-electron chi connectivity index (χ4n) is 1.85. The number of anilines is 2. The Hall–Kier alpha value is -2.41. The summed E-state index contributed by atoms with van der Waals surface area (Å²) in [6.07, 6.45) is 2.32. The quantitative estimate of drug-likeness (QED) is 0.829. The first-order valence-electron chi connectivity index (χ1n) is 6.87. The first-order chi connectivity index (χ1) is 10.7. The molecule has 1 saturated carbocycles. The summed E-state index contributed by atoms with van der Waals surface area (Å²) in [5.41, 5.74) is 1.41. The molecule has 0 saturated heterocycles. The van der Waals surface area contributed by atoms with Crippen molar-refractivity contribution in [2.24, 2.45) is 0 Å². The van der Waals surface area contributed by atoms with Gasteiger partial charge in [0.05, 0.1) is 12.7 Å². The highest BCUT2D eigenvalue weighted by Crippen LogP contribution is 2.26. The van der Waals surface area contributed by atoms with Gasteiger partial charge in [0.1, 0.15) is 5.69 Å². The third-order valence-corrected chi connectivity index (χ3v) is 3.98. The van der Waals surface area contributed by atoms with Crippen molar-refractivity contribution in [3.05, 3.63) is 40.9 Å². The number of hydrogen-bond donors (Lipinski definition) is 2. The molecule has 1 heterocycles. The summed E-state index contributed by atoms with van der Waals surface area (Å²) in [6.45, 7) is 0. The number of aromatic nitrogens is 1. The molecular formula is C15H15N3O3S. The number of hydrogen-bond acceptors (Lipinski definition) is 6. The summed E-state index contributed by atoms with van der Waals surface area (Å²) in [7, 11) is 1.33. The lowest BCUT2D eigenvalue weighted by molar-refractivity contribution is 0.0600. The topological polar surface area (TPSA) is 80.3 Å². The Morgan fingerprint density at radius 2 is 2.00 bits per heavy atom. The number of carbonyl (C=O) groups is 2. The number of rotatable bonds is 5. The van der Waals surface area contributed by atoms with E-state index < -0.39 is 5.97 Å². The Kier molecular flexibility index (Phi) is 4.06. The lowest BCUT2D eigenvalue weighted by atomic mass is 10.2. The maximum atomic E-state index is 12.1. The minimum atomic E-state index is -0.409. The molecule has 0 unspecified atom stereocenters. The van der Waals surface area contributed by atoms with Crippen LogP contribution in [0.4, 0.5) is 10.8 Å². The van der Waals surface area contributed by atoms with Crippen LogP contribution in [0.15, 0.2) is 29.6 Å². The largest absolute Gasteiger partial charge is 0.465 e. The van der Waals surface area contributed by atoms with E-state index in [1.807, 2.05) is 0 Å². The number of nitrogens with zero attached hydrogens (tertiary/aromatic N) is 1. The lowest BCUT2D eigenvalue weighted by Crippen LogP contribution is -2.13. The van der Waals surface area contributed by atoms with Gasteiger partial charge in [-0.3, -0.25) is 4.79 Å². The molecule has 1 aliphatic carbocycles. The van der Waals surface area contributed by atoms with Gasteiger partial charge in [-0.15, -0.1) is 11.3 Å². The van der Waals surface area contributed by atoms with Crippen LogP contribution >= 0.6 is 11.3 Å². The standard InChI is InChI=1S/C15H15N3O3S/c1-21-14(20)9-2-4-10(5-3-9)16-13(19)12-8-22-15(18-12)17-11-6-7-11/h2-5,8,11H,6-7H2,1H3,(H,16,19)(H,17,18). The molecule has 114 valence electrons. The normalized spacial score (nSPS) is 13.5. The SMILES string of the molecule is COC(=O)c1ccc(NC(=O)c2csc(NC3CC3)n2)cc1. The highest BCUT2D eigenvalue weighted by atomic mass is 32.1. The van der Waals surface area contributed by atoms with Crippen molar-refractivity contribution in [1.29, 1.82) is 0 Å². The van der Waals surface area contributed by atoms with Crippen molar-refractivity contribution in [2.45, 2.75) is 18.9 Å². The predicted octanol–water partition coefficient (Wildman–Crippen LogP) is 2.76. The summed E-state index contributed by atoms with van der Waals surface area (Å²) in [6, 6.07) is 7.01. The number of ether oxygens (including phenoxy) is 1. The van der Waals surface area contributed by atoms with Crippen LogP contribution in [0.25, 0.3) is 0 Å². The van der Waals surface area contributed by atoms with Gasteiger partial charge in [0.2, 0.25) is 0 Å².